The van der Waals surface area contributed by atoms with Gasteiger partial charge in [0.05, 0.1) is 5.52 Å². The van der Waals surface area contributed by atoms with Crippen LogP contribution in [0.5, 0.6) is 0 Å². The number of para-hydroxylation sites is 1. The average molecular weight is 612 g/mol. The molecule has 2 aromatic heterocycles. The van der Waals surface area contributed by atoms with Crippen LogP contribution >= 0.6 is 11.3 Å². The van der Waals surface area contributed by atoms with Gasteiger partial charge in [-0.15, -0.1) is 11.3 Å². The number of hydrogen-bond acceptors (Lipinski definition) is 3. The number of fused-ring (bicyclic) bond motifs is 12. The molecule has 3 nitrogen and oxygen atoms in total. The first-order valence-electron chi connectivity index (χ1n) is 15.6. The molecular formula is C42H33N3S. The van der Waals surface area contributed by atoms with E-state index < -0.39 is 0 Å². The number of nitrogens with zero attached hydrogens (tertiary/aromatic N) is 1. The van der Waals surface area contributed by atoms with Gasteiger partial charge in [0.1, 0.15) is 0 Å². The Morgan fingerprint density at radius 3 is 2.00 bits per heavy atom. The van der Waals surface area contributed by atoms with E-state index in [2.05, 4.69) is 108 Å². The van der Waals surface area contributed by atoms with E-state index >= 15 is 0 Å². The van der Waals surface area contributed by atoms with Crippen molar-refractivity contribution >= 4 is 80.6 Å². The number of allylic oxidation sites excluding steroid dienone is 1. The number of hydrogen-bond donors (Lipinski definition) is 2. The zero-order valence-electron chi connectivity index (χ0n) is 25.4. The van der Waals surface area contributed by atoms with Gasteiger partial charge in [-0.05, 0) is 45.5 Å². The van der Waals surface area contributed by atoms with Crippen LogP contribution in [0.15, 0.2) is 152 Å². The lowest BCUT2D eigenvalue weighted by Gasteiger charge is -2.11. The summed E-state index contributed by atoms with van der Waals surface area (Å²) in [4.78, 5) is 0. The summed E-state index contributed by atoms with van der Waals surface area (Å²) in [7, 11) is 0. The maximum atomic E-state index is 6.59. The van der Waals surface area contributed by atoms with Crippen LogP contribution < -0.4 is 11.5 Å². The summed E-state index contributed by atoms with van der Waals surface area (Å²) in [5.41, 5.74) is 17.5. The number of aromatic nitrogens is 1. The maximum Gasteiger partial charge on any atom is 0.0595 e. The van der Waals surface area contributed by atoms with E-state index in [4.69, 9.17) is 11.5 Å². The third kappa shape index (κ3) is 4.71. The van der Waals surface area contributed by atoms with Gasteiger partial charge in [-0.25, -0.2) is 0 Å². The lowest BCUT2D eigenvalue weighted by molar-refractivity contribution is 0.902. The quantitative estimate of drug-likeness (QED) is 0.195. The van der Waals surface area contributed by atoms with Crippen LogP contribution in [0.4, 0.5) is 0 Å². The normalized spacial score (nSPS) is 12.0. The molecule has 0 saturated carbocycles. The number of nitrogens with two attached hydrogens (primary N) is 2. The highest BCUT2D eigenvalue weighted by molar-refractivity contribution is 7.27. The van der Waals surface area contributed by atoms with Gasteiger partial charge in [0, 0.05) is 60.6 Å². The summed E-state index contributed by atoms with van der Waals surface area (Å²) < 4.78 is 5.14. The van der Waals surface area contributed by atoms with Crippen molar-refractivity contribution in [2.75, 3.05) is 0 Å². The minimum Gasteiger partial charge on any atom is -0.398 e. The van der Waals surface area contributed by atoms with Crippen molar-refractivity contribution in [1.29, 1.82) is 0 Å². The zero-order valence-corrected chi connectivity index (χ0v) is 26.2. The summed E-state index contributed by atoms with van der Waals surface area (Å²) in [6.07, 6.45) is 2.16. The van der Waals surface area contributed by atoms with E-state index in [1.807, 2.05) is 59.9 Å². The third-order valence-corrected chi connectivity index (χ3v) is 10.1. The van der Waals surface area contributed by atoms with Crippen molar-refractivity contribution in [3.63, 3.8) is 0 Å². The lowest BCUT2D eigenvalue weighted by atomic mass is 9.95. The van der Waals surface area contributed by atoms with E-state index in [-0.39, 0.29) is 0 Å². The van der Waals surface area contributed by atoms with E-state index in [1.165, 1.54) is 69.1 Å². The standard InChI is InChI=1S/C35H24N2S.C7H9N/c36-28(23-11-2-1-3-12-23)20-21-37-29-16-8-6-14-25(29)31-27-19-18-22-10-4-5-13-24(22)32(27)35-33(34(31)37)26-15-7-9-17-30(26)38-35;8-6-7-4-2-1-3-5-7/h1-20H,21,36H2;1-5H,6,8H2/b28-20-;. The van der Waals surface area contributed by atoms with Gasteiger partial charge in [0.2, 0.25) is 0 Å². The second-order valence-electron chi connectivity index (χ2n) is 11.6. The summed E-state index contributed by atoms with van der Waals surface area (Å²) in [5, 5.41) is 10.5. The molecule has 0 saturated heterocycles. The van der Waals surface area contributed by atoms with Gasteiger partial charge >= 0.3 is 0 Å². The molecule has 0 spiro atoms. The highest BCUT2D eigenvalue weighted by Gasteiger charge is 2.21. The molecule has 46 heavy (non-hydrogen) atoms. The first-order valence-corrected chi connectivity index (χ1v) is 16.4. The van der Waals surface area contributed by atoms with Crippen molar-refractivity contribution in [2.45, 2.75) is 13.1 Å². The minimum atomic E-state index is 0.640. The molecule has 0 radical (unpaired) electrons. The number of rotatable bonds is 4. The van der Waals surface area contributed by atoms with Crippen LogP contribution in [0.2, 0.25) is 0 Å². The van der Waals surface area contributed by atoms with Crippen molar-refractivity contribution in [3.8, 4) is 0 Å². The Bertz CT molecular complexity index is 2540. The number of benzene rings is 7. The van der Waals surface area contributed by atoms with E-state index in [9.17, 15) is 0 Å². The smallest absolute Gasteiger partial charge is 0.0595 e. The number of thiophene rings is 1. The fraction of sp³-hybridized carbons (Fsp3) is 0.0476. The molecule has 4 heteroatoms. The topological polar surface area (TPSA) is 57.0 Å². The van der Waals surface area contributed by atoms with Crippen LogP contribution in [0.1, 0.15) is 11.1 Å². The average Bonchev–Trinajstić information content (AvgIpc) is 3.67. The summed E-state index contributed by atoms with van der Waals surface area (Å²) in [5.74, 6) is 0. The Labute approximate surface area is 271 Å². The van der Waals surface area contributed by atoms with Gasteiger partial charge < -0.3 is 16.0 Å². The Balaban J connectivity index is 0.000000344. The molecule has 0 amide bonds. The Kier molecular flexibility index (Phi) is 7.22. The largest absolute Gasteiger partial charge is 0.398 e. The van der Waals surface area contributed by atoms with Gasteiger partial charge in [-0.1, -0.05) is 133 Å². The molecule has 7 aromatic carbocycles. The van der Waals surface area contributed by atoms with Crippen LogP contribution in [-0.4, -0.2) is 4.57 Å². The van der Waals surface area contributed by atoms with E-state index in [0.29, 0.717) is 13.1 Å². The fourth-order valence-corrected chi connectivity index (χ4v) is 8.04. The SMILES string of the molecule is N/C(=C\Cn1c2ccccc2c2c3ccc4ccccc4c3c3sc4ccccc4c3c21)c1ccccc1.NCc1ccccc1. The third-order valence-electron chi connectivity index (χ3n) is 8.91. The molecule has 0 aliphatic heterocycles. The molecule has 4 N–H and O–H groups in total. The summed E-state index contributed by atoms with van der Waals surface area (Å²) >= 11 is 1.91. The first-order chi connectivity index (χ1) is 22.7. The van der Waals surface area contributed by atoms with E-state index in [0.717, 1.165) is 11.3 Å². The Hall–Kier alpha value is -5.42. The lowest BCUT2D eigenvalue weighted by Crippen LogP contribution is -2.01. The molecule has 0 unspecified atom stereocenters. The van der Waals surface area contributed by atoms with Crippen molar-refractivity contribution in [3.05, 3.63) is 163 Å². The summed E-state index contributed by atoms with van der Waals surface area (Å²) in [6.45, 7) is 1.34. The molecule has 0 bridgehead atoms. The monoisotopic (exact) mass is 611 g/mol. The van der Waals surface area contributed by atoms with Crippen LogP contribution in [-0.2, 0) is 13.1 Å². The van der Waals surface area contributed by atoms with Crippen molar-refractivity contribution in [2.24, 2.45) is 11.5 Å². The molecule has 0 aliphatic rings. The Morgan fingerprint density at radius 1 is 0.587 bits per heavy atom. The van der Waals surface area contributed by atoms with Gasteiger partial charge in [0.25, 0.3) is 0 Å². The molecule has 0 fully saturated rings. The van der Waals surface area contributed by atoms with Gasteiger partial charge in [-0.3, -0.25) is 0 Å². The van der Waals surface area contributed by atoms with Crippen molar-refractivity contribution < 1.29 is 0 Å². The highest BCUT2D eigenvalue weighted by atomic mass is 32.1. The Morgan fingerprint density at radius 2 is 1.24 bits per heavy atom. The maximum absolute atomic E-state index is 6.59. The zero-order chi connectivity index (χ0) is 31.0. The molecule has 0 atom stereocenters. The second-order valence-corrected chi connectivity index (χ2v) is 12.6. The highest BCUT2D eigenvalue weighted by Crippen LogP contribution is 2.48. The van der Waals surface area contributed by atoms with Crippen LogP contribution in [0, 0.1) is 0 Å². The van der Waals surface area contributed by atoms with Crippen LogP contribution in [0.25, 0.3) is 69.2 Å². The summed E-state index contributed by atoms with van der Waals surface area (Å²) in [6, 6.07) is 51.3. The minimum absolute atomic E-state index is 0.640. The first kappa shape index (κ1) is 28.1. The van der Waals surface area contributed by atoms with Crippen molar-refractivity contribution in [1.82, 2.24) is 4.57 Å². The predicted octanol–water partition coefficient (Wildman–Crippen LogP) is 10.6. The molecule has 2 heterocycles. The molecule has 9 rings (SSSR count). The molecule has 222 valence electrons. The fourth-order valence-electron chi connectivity index (χ4n) is 6.76. The molecule has 9 aromatic rings. The molecular weight excluding hydrogens is 579 g/mol. The van der Waals surface area contributed by atoms with E-state index in [1.54, 1.807) is 0 Å². The van der Waals surface area contributed by atoms with Gasteiger partial charge in [-0.2, -0.15) is 0 Å². The van der Waals surface area contributed by atoms with Gasteiger partial charge in [0.15, 0.2) is 0 Å². The van der Waals surface area contributed by atoms with Crippen LogP contribution in [0.3, 0.4) is 0 Å². The predicted molar refractivity (Wildman–Crippen MR) is 200 cm³/mol. The second kappa shape index (κ2) is 11.8. The molecule has 0 aliphatic carbocycles.